The maximum atomic E-state index is 15.3. The zero-order valence-electron chi connectivity index (χ0n) is 12.3. The second-order valence-corrected chi connectivity index (χ2v) is 6.41. The fraction of sp³-hybridized carbons (Fsp3) is 0.294. The van der Waals surface area contributed by atoms with Crippen molar-refractivity contribution in [2.45, 2.75) is 31.5 Å². The number of nitrogens with one attached hydrogen (secondary N) is 1. The molecule has 0 saturated heterocycles. The Morgan fingerprint density at radius 1 is 1.35 bits per heavy atom. The summed E-state index contributed by atoms with van der Waals surface area (Å²) in [7, 11) is 0. The van der Waals surface area contributed by atoms with Crippen molar-refractivity contribution < 1.29 is 9.18 Å². The fourth-order valence-corrected chi connectivity index (χ4v) is 3.32. The molecule has 1 aromatic heterocycles. The lowest BCUT2D eigenvalue weighted by Crippen LogP contribution is -2.43. The van der Waals surface area contributed by atoms with Crippen LogP contribution in [-0.4, -0.2) is 10.9 Å². The summed E-state index contributed by atoms with van der Waals surface area (Å²) < 4.78 is 15.3. The Morgan fingerprint density at radius 2 is 2.17 bits per heavy atom. The quantitative estimate of drug-likeness (QED) is 0.898. The van der Waals surface area contributed by atoms with Crippen LogP contribution in [0.15, 0.2) is 36.5 Å². The molecule has 1 heterocycles. The summed E-state index contributed by atoms with van der Waals surface area (Å²) >= 11 is 11.9. The van der Waals surface area contributed by atoms with Gasteiger partial charge in [-0.2, -0.15) is 0 Å². The molecule has 1 aromatic carbocycles. The molecule has 23 heavy (non-hydrogen) atoms. The Morgan fingerprint density at radius 3 is 2.96 bits per heavy atom. The smallest absolute Gasteiger partial charge is 0.262 e. The Bertz CT molecular complexity index is 753. The number of carbonyl (C=O) groups is 1. The lowest BCUT2D eigenvalue weighted by molar-refractivity contribution is -0.134. The molecular weight excluding hydrogens is 338 g/mol. The minimum atomic E-state index is -2.04. The van der Waals surface area contributed by atoms with Gasteiger partial charge in [-0.25, -0.2) is 4.39 Å². The van der Waals surface area contributed by atoms with E-state index >= 15 is 4.39 Å². The van der Waals surface area contributed by atoms with Gasteiger partial charge < -0.3 is 5.32 Å². The van der Waals surface area contributed by atoms with Crippen LogP contribution < -0.4 is 5.32 Å². The van der Waals surface area contributed by atoms with Crippen molar-refractivity contribution in [1.29, 1.82) is 0 Å². The highest BCUT2D eigenvalue weighted by atomic mass is 35.5. The van der Waals surface area contributed by atoms with Gasteiger partial charge in [0.05, 0.1) is 0 Å². The molecular formula is C17H15Cl2FN2O. The van der Waals surface area contributed by atoms with Gasteiger partial charge in [0, 0.05) is 34.0 Å². The second-order valence-electron chi connectivity index (χ2n) is 5.57. The van der Waals surface area contributed by atoms with Crippen molar-refractivity contribution in [2.75, 3.05) is 0 Å². The van der Waals surface area contributed by atoms with Gasteiger partial charge in [0.1, 0.15) is 0 Å². The molecule has 0 radical (unpaired) electrons. The number of halogens is 3. The van der Waals surface area contributed by atoms with Crippen LogP contribution >= 0.6 is 23.2 Å². The van der Waals surface area contributed by atoms with Gasteiger partial charge in [-0.05, 0) is 43.0 Å². The first-order chi connectivity index (χ1) is 11.0. The van der Waals surface area contributed by atoms with Crippen LogP contribution in [0.1, 0.15) is 29.7 Å². The highest BCUT2D eigenvalue weighted by Gasteiger charge is 2.44. The predicted molar refractivity (Wildman–Crippen MR) is 88.3 cm³/mol. The van der Waals surface area contributed by atoms with Crippen molar-refractivity contribution in [3.05, 3.63) is 63.4 Å². The SMILES string of the molecule is O=C(NCc1ccc(Cl)cc1Cl)[C@]1(F)CCCc2ncccc21. The van der Waals surface area contributed by atoms with Crippen molar-refractivity contribution >= 4 is 29.1 Å². The van der Waals surface area contributed by atoms with E-state index in [9.17, 15) is 4.79 Å². The molecule has 1 aliphatic rings. The van der Waals surface area contributed by atoms with E-state index in [2.05, 4.69) is 10.3 Å². The molecule has 1 atom stereocenters. The zero-order chi connectivity index (χ0) is 16.4. The summed E-state index contributed by atoms with van der Waals surface area (Å²) in [5, 5.41) is 3.60. The lowest BCUT2D eigenvalue weighted by Gasteiger charge is -2.30. The molecule has 0 spiro atoms. The van der Waals surface area contributed by atoms with E-state index in [1.807, 2.05) is 0 Å². The third-order valence-electron chi connectivity index (χ3n) is 4.07. The van der Waals surface area contributed by atoms with Crippen molar-refractivity contribution in [2.24, 2.45) is 0 Å². The first kappa shape index (κ1) is 16.2. The normalized spacial score (nSPS) is 20.0. The molecule has 6 heteroatoms. The molecule has 3 rings (SSSR count). The average molecular weight is 353 g/mol. The molecule has 0 bridgehead atoms. The number of fused-ring (bicyclic) bond motifs is 1. The molecule has 1 N–H and O–H groups in total. The van der Waals surface area contributed by atoms with Gasteiger partial charge in [0.15, 0.2) is 0 Å². The van der Waals surface area contributed by atoms with Crippen molar-refractivity contribution in [3.8, 4) is 0 Å². The van der Waals surface area contributed by atoms with Gasteiger partial charge in [-0.15, -0.1) is 0 Å². The van der Waals surface area contributed by atoms with E-state index in [1.165, 1.54) is 0 Å². The number of rotatable bonds is 3. The first-order valence-electron chi connectivity index (χ1n) is 7.36. The van der Waals surface area contributed by atoms with E-state index in [4.69, 9.17) is 23.2 Å². The maximum absolute atomic E-state index is 15.3. The van der Waals surface area contributed by atoms with Crippen LogP contribution in [0, 0.1) is 0 Å². The lowest BCUT2D eigenvalue weighted by atomic mass is 9.82. The average Bonchev–Trinajstić information content (AvgIpc) is 2.54. The number of amides is 1. The zero-order valence-corrected chi connectivity index (χ0v) is 13.8. The summed E-state index contributed by atoms with van der Waals surface area (Å²) in [6.45, 7) is 0.149. The number of pyridine rings is 1. The number of aromatic nitrogens is 1. The van der Waals surface area contributed by atoms with E-state index in [0.29, 0.717) is 39.7 Å². The Balaban J connectivity index is 1.78. The Kier molecular flexibility index (Phi) is 4.55. The van der Waals surface area contributed by atoms with Crippen LogP contribution in [0.5, 0.6) is 0 Å². The highest BCUT2D eigenvalue weighted by molar-refractivity contribution is 6.35. The molecule has 0 fully saturated rings. The molecule has 1 amide bonds. The number of benzene rings is 1. The van der Waals surface area contributed by atoms with E-state index < -0.39 is 11.6 Å². The number of nitrogens with zero attached hydrogens (tertiary/aromatic N) is 1. The molecule has 0 aliphatic heterocycles. The second kappa shape index (κ2) is 6.46. The number of hydrogen-bond acceptors (Lipinski definition) is 2. The summed E-state index contributed by atoms with van der Waals surface area (Å²) in [6.07, 6.45) is 3.07. The third-order valence-corrected chi connectivity index (χ3v) is 4.65. The Labute approximate surface area is 143 Å². The molecule has 3 nitrogen and oxygen atoms in total. The van der Waals surface area contributed by atoms with Gasteiger partial charge in [0.2, 0.25) is 5.67 Å². The molecule has 2 aromatic rings. The van der Waals surface area contributed by atoms with Crippen LogP contribution in [0.25, 0.3) is 0 Å². The van der Waals surface area contributed by atoms with Crippen LogP contribution in [0.2, 0.25) is 10.0 Å². The predicted octanol–water partition coefficient (Wildman–Crippen LogP) is 4.21. The van der Waals surface area contributed by atoms with Crippen molar-refractivity contribution in [3.63, 3.8) is 0 Å². The summed E-state index contributed by atoms with van der Waals surface area (Å²) in [6, 6.07) is 8.28. The van der Waals surface area contributed by atoms with E-state index in [0.717, 1.165) is 0 Å². The van der Waals surface area contributed by atoms with Crippen molar-refractivity contribution in [1.82, 2.24) is 10.3 Å². The Hall–Kier alpha value is -1.65. The fourth-order valence-electron chi connectivity index (χ4n) is 2.85. The molecule has 120 valence electrons. The largest absolute Gasteiger partial charge is 0.349 e. The topological polar surface area (TPSA) is 42.0 Å². The third kappa shape index (κ3) is 3.19. The first-order valence-corrected chi connectivity index (χ1v) is 8.12. The van der Waals surface area contributed by atoms with Gasteiger partial charge in [0.25, 0.3) is 5.91 Å². The number of carbonyl (C=O) groups excluding carboxylic acids is 1. The van der Waals surface area contributed by atoms with Gasteiger partial charge in [-0.3, -0.25) is 9.78 Å². The molecule has 1 aliphatic carbocycles. The van der Waals surface area contributed by atoms with E-state index in [1.54, 1.807) is 36.5 Å². The van der Waals surface area contributed by atoms with Crippen LogP contribution in [0.3, 0.4) is 0 Å². The minimum absolute atomic E-state index is 0.149. The van der Waals surface area contributed by atoms with Crippen LogP contribution in [-0.2, 0) is 23.4 Å². The summed E-state index contributed by atoms with van der Waals surface area (Å²) in [5.41, 5.74) is -0.331. The standard InChI is InChI=1S/C17H15Cl2FN2O/c18-12-6-5-11(14(19)9-12)10-22-16(23)17(20)7-1-4-15-13(17)3-2-8-21-15/h2-3,5-6,8-9H,1,4,7,10H2,(H,22,23)/t17-/m0/s1. The summed E-state index contributed by atoms with van der Waals surface area (Å²) in [5.74, 6) is -0.655. The number of aryl methyl sites for hydroxylation is 1. The minimum Gasteiger partial charge on any atom is -0.349 e. The monoisotopic (exact) mass is 352 g/mol. The maximum Gasteiger partial charge on any atom is 0.262 e. The number of alkyl halides is 1. The molecule has 0 unspecified atom stereocenters. The van der Waals surface area contributed by atoms with Gasteiger partial charge >= 0.3 is 0 Å². The number of hydrogen-bond donors (Lipinski definition) is 1. The van der Waals surface area contributed by atoms with Crippen LogP contribution in [0.4, 0.5) is 4.39 Å². The summed E-state index contributed by atoms with van der Waals surface area (Å²) in [4.78, 5) is 16.6. The van der Waals surface area contributed by atoms with E-state index in [-0.39, 0.29) is 13.0 Å². The van der Waals surface area contributed by atoms with Gasteiger partial charge in [-0.1, -0.05) is 35.3 Å². The highest BCUT2D eigenvalue weighted by Crippen LogP contribution is 2.38. The molecule has 0 saturated carbocycles.